The first-order chi connectivity index (χ1) is 20.0. The highest BCUT2D eigenvalue weighted by atomic mass is 16.4. The van der Waals surface area contributed by atoms with Crippen molar-refractivity contribution in [2.75, 3.05) is 6.54 Å². The third-order valence-electron chi connectivity index (χ3n) is 9.25. The van der Waals surface area contributed by atoms with Gasteiger partial charge in [-0.25, -0.2) is 0 Å². The van der Waals surface area contributed by atoms with Gasteiger partial charge in [0.2, 0.25) is 0 Å². The van der Waals surface area contributed by atoms with Crippen molar-refractivity contribution >= 4 is 12.3 Å². The molecule has 0 saturated heterocycles. The molecule has 0 fully saturated rings. The lowest BCUT2D eigenvalue weighted by Gasteiger charge is -2.28. The molecule has 4 N–H and O–H groups in total. The molecule has 0 aromatic heterocycles. The van der Waals surface area contributed by atoms with Gasteiger partial charge in [-0.2, -0.15) is 0 Å². The van der Waals surface area contributed by atoms with Crippen LogP contribution in [0.2, 0.25) is 0 Å². The van der Waals surface area contributed by atoms with E-state index in [1.807, 2.05) is 6.07 Å². The zero-order valence-electron chi connectivity index (χ0n) is 24.3. The fourth-order valence-electron chi connectivity index (χ4n) is 6.89. The number of benzene rings is 2. The Kier molecular flexibility index (Phi) is 11.8. The molecule has 0 amide bonds. The number of hydrogen-bond acceptors (Lipinski definition) is 4. The number of phenolic OH excluding ortho intramolecular Hbond substituents is 1. The number of rotatable bonds is 12. The van der Waals surface area contributed by atoms with E-state index >= 15 is 0 Å². The van der Waals surface area contributed by atoms with E-state index in [1.165, 1.54) is 23.0 Å². The van der Waals surface area contributed by atoms with Gasteiger partial charge in [-0.15, -0.1) is 0 Å². The van der Waals surface area contributed by atoms with Crippen LogP contribution in [0.5, 0.6) is 5.75 Å². The van der Waals surface area contributed by atoms with Gasteiger partial charge in [0, 0.05) is 5.92 Å². The lowest BCUT2D eigenvalue weighted by atomic mass is 9.76. The average molecular weight is 558 g/mol. The molecule has 5 nitrogen and oxygen atoms in total. The number of phenols is 1. The predicted molar refractivity (Wildman–Crippen MR) is 165 cm³/mol. The largest absolute Gasteiger partial charge is 0.508 e. The van der Waals surface area contributed by atoms with Gasteiger partial charge < -0.3 is 20.7 Å². The lowest BCUT2D eigenvalue weighted by molar-refractivity contribution is -0.141. The van der Waals surface area contributed by atoms with Crippen LogP contribution in [0.25, 0.3) is 0 Å². The Morgan fingerprint density at radius 1 is 1.00 bits per heavy atom. The molecule has 2 bridgehead atoms. The Balaban J connectivity index is 1.44. The molecule has 0 heterocycles. The molecule has 41 heavy (non-hydrogen) atoms. The standard InChI is InChI=1S/C36H47NO4/c37-20-19-26-13-14-31(22-26)33(25-38)12-3-1-2-9-29-10-4-5-11-32(36(40)41)23-27-7-6-8-28(21-27)24-35(29)30-15-17-34(39)18-16-30/h4-8,15-18,21-22,25,29,31-33,35,39H,1-3,9-14,19-20,23-24,37H2,(H,40,41)/b5-4+/t29-,31-,32-,33+,35+/m0/s1. The second-order valence-corrected chi connectivity index (χ2v) is 12.2. The normalized spacial score (nSPS) is 24.5. The van der Waals surface area contributed by atoms with Crippen molar-refractivity contribution in [3.05, 3.63) is 89.0 Å². The first-order valence-electron chi connectivity index (χ1n) is 15.6. The molecule has 2 aromatic rings. The van der Waals surface area contributed by atoms with E-state index in [0.717, 1.165) is 69.8 Å². The molecular weight excluding hydrogens is 510 g/mol. The number of fused-ring (bicyclic) bond motifs is 2. The maximum absolute atomic E-state index is 11.9. The highest BCUT2D eigenvalue weighted by Crippen LogP contribution is 2.37. The second-order valence-electron chi connectivity index (χ2n) is 12.2. The van der Waals surface area contributed by atoms with E-state index in [0.29, 0.717) is 31.2 Å². The van der Waals surface area contributed by atoms with Gasteiger partial charge in [0.15, 0.2) is 0 Å². The Morgan fingerprint density at radius 2 is 1.76 bits per heavy atom. The summed E-state index contributed by atoms with van der Waals surface area (Å²) in [7, 11) is 0. The number of hydrogen-bond donors (Lipinski definition) is 3. The smallest absolute Gasteiger partial charge is 0.307 e. The third-order valence-corrected chi connectivity index (χ3v) is 9.25. The van der Waals surface area contributed by atoms with Gasteiger partial charge in [0.25, 0.3) is 0 Å². The molecule has 2 aromatic carbocycles. The van der Waals surface area contributed by atoms with E-state index in [1.54, 1.807) is 12.1 Å². The van der Waals surface area contributed by atoms with Crippen LogP contribution in [0.3, 0.4) is 0 Å². The Hall–Kier alpha value is -3.18. The van der Waals surface area contributed by atoms with Gasteiger partial charge in [-0.3, -0.25) is 4.79 Å². The minimum atomic E-state index is -0.743. The number of aliphatic carboxylic acids is 1. The van der Waals surface area contributed by atoms with E-state index in [2.05, 4.69) is 48.6 Å². The first-order valence-corrected chi connectivity index (χ1v) is 15.6. The fourth-order valence-corrected chi connectivity index (χ4v) is 6.89. The summed E-state index contributed by atoms with van der Waals surface area (Å²) >= 11 is 0. The second kappa shape index (κ2) is 15.7. The maximum Gasteiger partial charge on any atom is 0.307 e. The van der Waals surface area contributed by atoms with Gasteiger partial charge in [0.1, 0.15) is 12.0 Å². The number of nitrogens with two attached hydrogens (primary N) is 1. The van der Waals surface area contributed by atoms with Crippen molar-refractivity contribution in [2.24, 2.45) is 29.4 Å². The topological polar surface area (TPSA) is 101 Å². The van der Waals surface area contributed by atoms with Crippen molar-refractivity contribution in [3.8, 4) is 5.75 Å². The Bertz CT molecular complexity index is 1180. The monoisotopic (exact) mass is 557 g/mol. The summed E-state index contributed by atoms with van der Waals surface area (Å²) in [5.74, 6) is 0.269. The molecule has 0 unspecified atom stereocenters. The molecule has 4 rings (SSSR count). The van der Waals surface area contributed by atoms with Crippen LogP contribution in [0, 0.1) is 23.7 Å². The summed E-state index contributed by atoms with van der Waals surface area (Å²) in [6.45, 7) is 0.678. The van der Waals surface area contributed by atoms with E-state index in [9.17, 15) is 19.8 Å². The summed E-state index contributed by atoms with van der Waals surface area (Å²) in [6.07, 6.45) is 18.9. The van der Waals surface area contributed by atoms with Crippen LogP contribution < -0.4 is 5.73 Å². The van der Waals surface area contributed by atoms with E-state index in [4.69, 9.17) is 5.73 Å². The number of carbonyl (C=O) groups is 2. The van der Waals surface area contributed by atoms with Crippen molar-refractivity contribution in [1.29, 1.82) is 0 Å². The molecule has 220 valence electrons. The number of aromatic hydroxyl groups is 1. The lowest BCUT2D eigenvalue weighted by Crippen LogP contribution is -2.18. The van der Waals surface area contributed by atoms with Crippen LogP contribution in [-0.2, 0) is 22.4 Å². The highest BCUT2D eigenvalue weighted by molar-refractivity contribution is 5.70. The molecular formula is C36H47NO4. The number of aldehydes is 1. The van der Waals surface area contributed by atoms with Crippen LogP contribution in [0.15, 0.2) is 72.3 Å². The van der Waals surface area contributed by atoms with Crippen molar-refractivity contribution in [3.63, 3.8) is 0 Å². The van der Waals surface area contributed by atoms with Crippen molar-refractivity contribution in [1.82, 2.24) is 0 Å². The first kappa shape index (κ1) is 30.8. The fraction of sp³-hybridized carbons (Fsp3) is 0.500. The SMILES string of the molecule is NCCC1=C[C@@H]([C@@H](C=O)CCCCC[C@H]2C/C=C/C[C@H](C(=O)O)Cc3cccc(c3)C[C@H]2c2ccc(O)cc2)CC1. The van der Waals surface area contributed by atoms with E-state index in [-0.39, 0.29) is 17.6 Å². The number of unbranched alkanes of at least 4 members (excludes halogenated alkanes) is 2. The van der Waals surface area contributed by atoms with Gasteiger partial charge in [-0.05, 0) is 111 Å². The number of carboxylic acid groups (broad SMARTS) is 1. The minimum Gasteiger partial charge on any atom is -0.508 e. The summed E-state index contributed by atoms with van der Waals surface area (Å²) < 4.78 is 0. The number of allylic oxidation sites excluding steroid dienone is 3. The molecule has 0 aliphatic heterocycles. The molecule has 5 atom stereocenters. The minimum absolute atomic E-state index is 0.105. The Morgan fingerprint density at radius 3 is 2.49 bits per heavy atom. The predicted octanol–water partition coefficient (Wildman–Crippen LogP) is 7.38. The van der Waals surface area contributed by atoms with Gasteiger partial charge in [0.05, 0.1) is 5.92 Å². The zero-order chi connectivity index (χ0) is 29.0. The average Bonchev–Trinajstić information content (AvgIpc) is 3.43. The summed E-state index contributed by atoms with van der Waals surface area (Å²) in [4.78, 5) is 23.8. The molecule has 2 aliphatic carbocycles. The maximum atomic E-state index is 11.9. The van der Waals surface area contributed by atoms with Crippen LogP contribution >= 0.6 is 0 Å². The molecule has 5 heteroatoms. The molecule has 0 saturated carbocycles. The summed E-state index contributed by atoms with van der Waals surface area (Å²) in [5.41, 5.74) is 10.7. The Labute approximate surface area is 245 Å². The number of carboxylic acids is 1. The van der Waals surface area contributed by atoms with E-state index < -0.39 is 11.9 Å². The summed E-state index contributed by atoms with van der Waals surface area (Å²) in [6, 6.07) is 16.1. The third kappa shape index (κ3) is 9.16. The molecule has 0 spiro atoms. The highest BCUT2D eigenvalue weighted by Gasteiger charge is 2.26. The zero-order valence-corrected chi connectivity index (χ0v) is 24.3. The van der Waals surface area contributed by atoms with Crippen LogP contribution in [0.1, 0.15) is 86.8 Å². The van der Waals surface area contributed by atoms with Gasteiger partial charge in [-0.1, -0.05) is 79.5 Å². The summed E-state index contributed by atoms with van der Waals surface area (Å²) in [5, 5.41) is 19.7. The molecule has 2 aliphatic rings. The van der Waals surface area contributed by atoms with Crippen molar-refractivity contribution < 1.29 is 19.8 Å². The molecule has 0 radical (unpaired) electrons. The van der Waals surface area contributed by atoms with Crippen LogP contribution in [-0.4, -0.2) is 29.0 Å². The number of carbonyl (C=O) groups excluding carboxylic acids is 1. The van der Waals surface area contributed by atoms with Crippen LogP contribution in [0.4, 0.5) is 0 Å². The van der Waals surface area contributed by atoms with Crippen molar-refractivity contribution in [2.45, 2.75) is 83.0 Å². The quantitative estimate of drug-likeness (QED) is 0.144. The van der Waals surface area contributed by atoms with Gasteiger partial charge >= 0.3 is 5.97 Å².